The molecule has 0 saturated carbocycles. The second kappa shape index (κ2) is 3.21. The van der Waals surface area contributed by atoms with Gasteiger partial charge < -0.3 is 16.2 Å². The van der Waals surface area contributed by atoms with Crippen molar-refractivity contribution in [2.75, 3.05) is 0 Å². The Labute approximate surface area is 64.4 Å². The smallest absolute Gasteiger partial charge is 0.309 e. The fourth-order valence-corrected chi connectivity index (χ4v) is 0.875. The number of rotatable bonds is 2. The van der Waals surface area contributed by atoms with Crippen LogP contribution in [0.5, 0.6) is 0 Å². The van der Waals surface area contributed by atoms with Gasteiger partial charge in [-0.15, -0.1) is 0 Å². The molecular formula is C7H10N2O2. The molecule has 0 aliphatic carbocycles. The molecule has 0 saturated heterocycles. The van der Waals surface area contributed by atoms with E-state index in [1.807, 2.05) is 0 Å². The van der Waals surface area contributed by atoms with E-state index in [0.29, 0.717) is 5.70 Å². The standard InChI is InChI=1S/C7H10N2O2/c8-6-3-1-2-5(9-6)4-7(10)11/h1-3,6,9H,4,8H2,(H,10,11). The number of carboxylic acids is 1. The molecule has 1 heterocycles. The molecule has 4 N–H and O–H groups in total. The van der Waals surface area contributed by atoms with Gasteiger partial charge in [0.1, 0.15) is 0 Å². The Hall–Kier alpha value is -1.29. The average molecular weight is 154 g/mol. The summed E-state index contributed by atoms with van der Waals surface area (Å²) >= 11 is 0. The van der Waals surface area contributed by atoms with Gasteiger partial charge in [-0.3, -0.25) is 4.79 Å². The van der Waals surface area contributed by atoms with Crippen molar-refractivity contribution >= 4 is 5.97 Å². The molecule has 60 valence electrons. The number of allylic oxidation sites excluding steroid dienone is 2. The van der Waals surface area contributed by atoms with Crippen molar-refractivity contribution in [1.82, 2.24) is 5.32 Å². The Morgan fingerprint density at radius 1 is 1.82 bits per heavy atom. The minimum absolute atomic E-state index is 0.00194. The van der Waals surface area contributed by atoms with Crippen molar-refractivity contribution in [2.24, 2.45) is 5.73 Å². The number of carboxylic acid groups (broad SMARTS) is 1. The summed E-state index contributed by atoms with van der Waals surface area (Å²) in [5.41, 5.74) is 6.11. The molecule has 0 aromatic rings. The van der Waals surface area contributed by atoms with E-state index in [1.54, 1.807) is 18.2 Å². The van der Waals surface area contributed by atoms with Gasteiger partial charge in [-0.25, -0.2) is 0 Å². The van der Waals surface area contributed by atoms with Gasteiger partial charge >= 0.3 is 5.97 Å². The first-order chi connectivity index (χ1) is 5.18. The summed E-state index contributed by atoms with van der Waals surface area (Å²) in [5.74, 6) is -0.855. The van der Waals surface area contributed by atoms with Gasteiger partial charge in [-0.2, -0.15) is 0 Å². The van der Waals surface area contributed by atoms with Gasteiger partial charge in [0, 0.05) is 5.70 Å². The third-order valence-electron chi connectivity index (χ3n) is 1.31. The fraction of sp³-hybridized carbons (Fsp3) is 0.286. The van der Waals surface area contributed by atoms with E-state index in [0.717, 1.165) is 0 Å². The fourth-order valence-electron chi connectivity index (χ4n) is 0.875. The summed E-state index contributed by atoms with van der Waals surface area (Å²) in [6.07, 6.45) is 4.95. The highest BCUT2D eigenvalue weighted by Gasteiger charge is 2.07. The van der Waals surface area contributed by atoms with E-state index in [9.17, 15) is 4.79 Å². The molecule has 0 bridgehead atoms. The molecule has 0 spiro atoms. The van der Waals surface area contributed by atoms with Crippen LogP contribution in [-0.2, 0) is 4.79 Å². The Bertz CT molecular complexity index is 220. The van der Waals surface area contributed by atoms with E-state index >= 15 is 0 Å². The molecule has 0 amide bonds. The van der Waals surface area contributed by atoms with Crippen molar-refractivity contribution < 1.29 is 9.90 Å². The maximum absolute atomic E-state index is 10.2. The third-order valence-corrected chi connectivity index (χ3v) is 1.31. The molecule has 4 heteroatoms. The topological polar surface area (TPSA) is 75.4 Å². The normalized spacial score (nSPS) is 22.3. The number of dihydropyridines is 1. The van der Waals surface area contributed by atoms with Crippen LogP contribution >= 0.6 is 0 Å². The van der Waals surface area contributed by atoms with Crippen molar-refractivity contribution in [3.8, 4) is 0 Å². The number of aliphatic carboxylic acids is 1. The largest absolute Gasteiger partial charge is 0.481 e. The van der Waals surface area contributed by atoms with Crippen LogP contribution in [0.3, 0.4) is 0 Å². The predicted octanol–water partition coefficient (Wildman–Crippen LogP) is -0.211. The molecule has 0 aromatic heterocycles. The molecule has 0 aromatic carbocycles. The minimum Gasteiger partial charge on any atom is -0.481 e. The quantitative estimate of drug-likeness (QED) is 0.514. The van der Waals surface area contributed by atoms with Crippen molar-refractivity contribution in [1.29, 1.82) is 0 Å². The summed E-state index contributed by atoms with van der Waals surface area (Å²) in [7, 11) is 0. The highest BCUT2D eigenvalue weighted by molar-refractivity contribution is 5.70. The van der Waals surface area contributed by atoms with Gasteiger partial charge in [-0.05, 0) is 12.2 Å². The summed E-state index contributed by atoms with van der Waals surface area (Å²) in [4.78, 5) is 10.2. The minimum atomic E-state index is -0.855. The second-order valence-electron chi connectivity index (χ2n) is 2.32. The van der Waals surface area contributed by atoms with Crippen LogP contribution in [0.1, 0.15) is 6.42 Å². The first-order valence-electron chi connectivity index (χ1n) is 3.30. The maximum atomic E-state index is 10.2. The average Bonchev–Trinajstić information content (AvgIpc) is 1.85. The number of hydrogen-bond acceptors (Lipinski definition) is 3. The molecule has 1 aliphatic rings. The van der Waals surface area contributed by atoms with Gasteiger partial charge in [0.15, 0.2) is 0 Å². The van der Waals surface area contributed by atoms with Gasteiger partial charge in [0.05, 0.1) is 12.6 Å². The van der Waals surface area contributed by atoms with Crippen LogP contribution in [0, 0.1) is 0 Å². The summed E-state index contributed by atoms with van der Waals surface area (Å²) in [6, 6.07) is 0. The third kappa shape index (κ3) is 2.43. The lowest BCUT2D eigenvalue weighted by Crippen LogP contribution is -2.36. The van der Waals surface area contributed by atoms with E-state index < -0.39 is 5.97 Å². The van der Waals surface area contributed by atoms with Crippen molar-refractivity contribution in [2.45, 2.75) is 12.6 Å². The van der Waals surface area contributed by atoms with E-state index in [2.05, 4.69) is 5.32 Å². The Morgan fingerprint density at radius 3 is 3.09 bits per heavy atom. The van der Waals surface area contributed by atoms with Crippen LogP contribution in [0.4, 0.5) is 0 Å². The van der Waals surface area contributed by atoms with Crippen LogP contribution in [0.15, 0.2) is 23.9 Å². The maximum Gasteiger partial charge on any atom is 0.309 e. The molecule has 1 unspecified atom stereocenters. The Kier molecular flexibility index (Phi) is 2.28. The first kappa shape index (κ1) is 7.81. The van der Waals surface area contributed by atoms with E-state index in [-0.39, 0.29) is 12.6 Å². The highest BCUT2D eigenvalue weighted by Crippen LogP contribution is 2.02. The summed E-state index contributed by atoms with van der Waals surface area (Å²) in [6.45, 7) is 0. The Morgan fingerprint density at radius 2 is 2.55 bits per heavy atom. The number of nitrogens with two attached hydrogens (primary N) is 1. The number of hydrogen-bond donors (Lipinski definition) is 3. The van der Waals surface area contributed by atoms with Gasteiger partial charge in [-0.1, -0.05) is 6.08 Å². The molecule has 0 fully saturated rings. The second-order valence-corrected chi connectivity index (χ2v) is 2.32. The van der Waals surface area contributed by atoms with Crippen molar-refractivity contribution in [3.05, 3.63) is 23.9 Å². The molecular weight excluding hydrogens is 144 g/mol. The van der Waals surface area contributed by atoms with E-state index in [1.165, 1.54) is 0 Å². The van der Waals surface area contributed by atoms with Gasteiger partial charge in [0.25, 0.3) is 0 Å². The van der Waals surface area contributed by atoms with E-state index in [4.69, 9.17) is 10.8 Å². The summed E-state index contributed by atoms with van der Waals surface area (Å²) < 4.78 is 0. The predicted molar refractivity (Wildman–Crippen MR) is 40.6 cm³/mol. The van der Waals surface area contributed by atoms with Gasteiger partial charge in [0.2, 0.25) is 0 Å². The molecule has 1 atom stereocenters. The van der Waals surface area contributed by atoms with Crippen LogP contribution in [0.2, 0.25) is 0 Å². The first-order valence-corrected chi connectivity index (χ1v) is 3.30. The number of nitrogens with one attached hydrogen (secondary N) is 1. The highest BCUT2D eigenvalue weighted by atomic mass is 16.4. The zero-order valence-electron chi connectivity index (χ0n) is 5.95. The lowest BCUT2D eigenvalue weighted by Gasteiger charge is -2.16. The van der Waals surface area contributed by atoms with Crippen LogP contribution in [-0.4, -0.2) is 17.2 Å². The molecule has 1 rings (SSSR count). The van der Waals surface area contributed by atoms with Crippen LogP contribution < -0.4 is 11.1 Å². The lowest BCUT2D eigenvalue weighted by atomic mass is 10.2. The monoisotopic (exact) mass is 154 g/mol. The Balaban J connectivity index is 2.52. The molecule has 4 nitrogen and oxygen atoms in total. The molecule has 0 radical (unpaired) electrons. The van der Waals surface area contributed by atoms with Crippen LogP contribution in [0.25, 0.3) is 0 Å². The molecule has 11 heavy (non-hydrogen) atoms. The zero-order valence-corrected chi connectivity index (χ0v) is 5.95. The van der Waals surface area contributed by atoms with Crippen molar-refractivity contribution in [3.63, 3.8) is 0 Å². The SMILES string of the molecule is NC1C=CC=C(CC(=O)O)N1. The molecule has 1 aliphatic heterocycles. The zero-order chi connectivity index (χ0) is 8.27. The number of carbonyl (C=O) groups is 1. The lowest BCUT2D eigenvalue weighted by molar-refractivity contribution is -0.136. The summed E-state index contributed by atoms with van der Waals surface area (Å²) in [5, 5.41) is 11.2.